The smallest absolute Gasteiger partial charge is 0.226 e. The van der Waals surface area contributed by atoms with E-state index in [0.717, 1.165) is 12.0 Å². The zero-order chi connectivity index (χ0) is 19.4. The Bertz CT molecular complexity index is 1040. The van der Waals surface area contributed by atoms with Crippen molar-refractivity contribution < 1.29 is 10.2 Å². The zero-order valence-electron chi connectivity index (χ0n) is 14.8. The first kappa shape index (κ1) is 18.1. The Morgan fingerprint density at radius 1 is 1.14 bits per heavy atom. The van der Waals surface area contributed by atoms with Gasteiger partial charge in [-0.3, -0.25) is 0 Å². The molecule has 5 atom stereocenters. The van der Waals surface area contributed by atoms with Gasteiger partial charge in [-0.15, -0.1) is 0 Å². The number of benzene rings is 1. The number of aliphatic hydroxyl groups is 2. The van der Waals surface area contributed by atoms with Gasteiger partial charge in [-0.2, -0.15) is 9.97 Å². The highest BCUT2D eigenvalue weighted by Gasteiger charge is 2.58. The minimum Gasteiger partial charge on any atom is -0.390 e. The largest absolute Gasteiger partial charge is 0.390 e. The fourth-order valence-electron chi connectivity index (χ4n) is 4.36. The second kappa shape index (κ2) is 6.84. The summed E-state index contributed by atoms with van der Waals surface area (Å²) in [5.41, 5.74) is 2.24. The van der Waals surface area contributed by atoms with Gasteiger partial charge in [0.05, 0.1) is 18.5 Å². The Morgan fingerprint density at radius 2 is 2.00 bits per heavy atom. The number of hydrogen-bond donors (Lipinski definition) is 3. The van der Waals surface area contributed by atoms with Crippen LogP contribution in [0.15, 0.2) is 30.6 Å². The minimum atomic E-state index is -0.709. The molecule has 146 valence electrons. The number of halogens is 2. The van der Waals surface area contributed by atoms with E-state index in [-0.39, 0.29) is 17.1 Å². The van der Waals surface area contributed by atoms with Crippen molar-refractivity contribution in [1.82, 2.24) is 19.5 Å². The average Bonchev–Trinajstić information content (AvgIpc) is 3.31. The molecule has 9 heteroatoms. The summed E-state index contributed by atoms with van der Waals surface area (Å²) in [5, 5.41) is 24.4. The van der Waals surface area contributed by atoms with Crippen molar-refractivity contribution in [2.75, 3.05) is 5.32 Å². The van der Waals surface area contributed by atoms with E-state index in [1.165, 1.54) is 0 Å². The number of hydrogen-bond acceptors (Lipinski definition) is 6. The van der Waals surface area contributed by atoms with Gasteiger partial charge >= 0.3 is 0 Å². The number of aromatic nitrogens is 4. The van der Waals surface area contributed by atoms with E-state index >= 15 is 0 Å². The van der Waals surface area contributed by atoms with Crippen LogP contribution < -0.4 is 5.32 Å². The summed E-state index contributed by atoms with van der Waals surface area (Å²) in [5.74, 6) is 1.13. The topological polar surface area (TPSA) is 96.1 Å². The van der Waals surface area contributed by atoms with Crippen molar-refractivity contribution in [3.63, 3.8) is 0 Å². The zero-order valence-corrected chi connectivity index (χ0v) is 16.3. The molecule has 0 amide bonds. The average molecular weight is 420 g/mol. The molecular weight excluding hydrogens is 401 g/mol. The van der Waals surface area contributed by atoms with Gasteiger partial charge in [0, 0.05) is 24.0 Å². The normalized spacial score (nSPS) is 28.5. The SMILES string of the molecule is O[C@@H]1[C@H](O)[C@@H]2C[C@@H]2[C@H]1Cn1cnc2c(NCc3cccc(Cl)c3)nc(Cl)nc21. The lowest BCUT2D eigenvalue weighted by atomic mass is 9.99. The Morgan fingerprint density at radius 3 is 2.75 bits per heavy atom. The molecule has 0 saturated heterocycles. The predicted octanol–water partition coefficient (Wildman–Crippen LogP) is 2.73. The molecule has 28 heavy (non-hydrogen) atoms. The lowest BCUT2D eigenvalue weighted by Gasteiger charge is -2.21. The molecule has 0 bridgehead atoms. The second-order valence-corrected chi connectivity index (χ2v) is 8.38. The highest BCUT2D eigenvalue weighted by molar-refractivity contribution is 6.30. The van der Waals surface area contributed by atoms with Gasteiger partial charge in [0.2, 0.25) is 5.28 Å². The highest BCUT2D eigenvalue weighted by Crippen LogP contribution is 2.56. The van der Waals surface area contributed by atoms with Crippen LogP contribution in [0.4, 0.5) is 5.82 Å². The quantitative estimate of drug-likeness (QED) is 0.550. The third kappa shape index (κ3) is 3.12. The van der Waals surface area contributed by atoms with Crippen LogP contribution >= 0.6 is 23.2 Å². The summed E-state index contributed by atoms with van der Waals surface area (Å²) < 4.78 is 1.88. The molecule has 5 rings (SSSR count). The standard InChI is InChI=1S/C19H19Cl2N5O2/c20-10-3-1-2-9(4-10)6-22-17-14-18(25-19(21)24-17)26(8-23-14)7-13-11-5-12(11)15(27)16(13)28/h1-4,8,11-13,15-16,27-28H,5-7H2,(H,22,24,25)/t11-,12+,13+,15+,16-/m0/s1. The van der Waals surface area contributed by atoms with Gasteiger partial charge in [-0.05, 0) is 47.6 Å². The van der Waals surface area contributed by atoms with E-state index in [9.17, 15) is 10.2 Å². The predicted molar refractivity (Wildman–Crippen MR) is 106 cm³/mol. The Hall–Kier alpha value is -1.93. The molecule has 0 spiro atoms. The molecule has 2 saturated carbocycles. The fourth-order valence-corrected chi connectivity index (χ4v) is 4.74. The lowest BCUT2D eigenvalue weighted by Crippen LogP contribution is -2.31. The summed E-state index contributed by atoms with van der Waals surface area (Å²) >= 11 is 12.2. The van der Waals surface area contributed by atoms with Crippen LogP contribution in [0.5, 0.6) is 0 Å². The number of fused-ring (bicyclic) bond motifs is 2. The number of imidazole rings is 1. The van der Waals surface area contributed by atoms with Crippen molar-refractivity contribution in [3.05, 3.63) is 46.5 Å². The maximum Gasteiger partial charge on any atom is 0.226 e. The molecule has 0 radical (unpaired) electrons. The summed E-state index contributed by atoms with van der Waals surface area (Å²) in [6.45, 7) is 1.06. The molecule has 0 unspecified atom stereocenters. The number of aliphatic hydroxyl groups excluding tert-OH is 2. The molecular formula is C19H19Cl2N5O2. The first-order valence-corrected chi connectivity index (χ1v) is 9.99. The van der Waals surface area contributed by atoms with Crippen molar-refractivity contribution in [2.24, 2.45) is 17.8 Å². The van der Waals surface area contributed by atoms with Crippen LogP contribution in [-0.4, -0.2) is 41.9 Å². The van der Waals surface area contributed by atoms with Gasteiger partial charge in [-0.25, -0.2) is 4.98 Å². The molecule has 2 fully saturated rings. The van der Waals surface area contributed by atoms with Gasteiger partial charge < -0.3 is 20.1 Å². The third-order valence-corrected chi connectivity index (χ3v) is 6.27. The number of anilines is 1. The number of nitrogens with one attached hydrogen (secondary N) is 1. The highest BCUT2D eigenvalue weighted by atomic mass is 35.5. The Labute approximate surface area is 171 Å². The van der Waals surface area contributed by atoms with Gasteiger partial charge in [0.25, 0.3) is 0 Å². The molecule has 2 aromatic heterocycles. The van der Waals surface area contributed by atoms with Gasteiger partial charge in [0.1, 0.15) is 0 Å². The molecule has 3 aromatic rings. The van der Waals surface area contributed by atoms with Gasteiger partial charge in [-0.1, -0.05) is 23.7 Å². The van der Waals surface area contributed by atoms with E-state index < -0.39 is 12.2 Å². The van der Waals surface area contributed by atoms with Gasteiger partial charge in [0.15, 0.2) is 17.0 Å². The molecule has 2 aliphatic rings. The molecule has 3 N–H and O–H groups in total. The van der Waals surface area contributed by atoms with Crippen LogP contribution in [0.1, 0.15) is 12.0 Å². The number of rotatable bonds is 5. The lowest BCUT2D eigenvalue weighted by molar-refractivity contribution is -0.00373. The molecule has 1 aromatic carbocycles. The van der Waals surface area contributed by atoms with E-state index in [1.54, 1.807) is 6.33 Å². The molecule has 0 aliphatic heterocycles. The summed E-state index contributed by atoms with van der Waals surface area (Å²) in [7, 11) is 0. The first-order valence-electron chi connectivity index (χ1n) is 9.24. The van der Waals surface area contributed by atoms with E-state index in [0.29, 0.717) is 41.0 Å². The van der Waals surface area contributed by atoms with E-state index in [4.69, 9.17) is 23.2 Å². The number of nitrogens with zero attached hydrogens (tertiary/aromatic N) is 4. The maximum absolute atomic E-state index is 10.3. The fraction of sp³-hybridized carbons (Fsp3) is 0.421. The monoisotopic (exact) mass is 419 g/mol. The van der Waals surface area contributed by atoms with Crippen molar-refractivity contribution >= 4 is 40.2 Å². The summed E-state index contributed by atoms with van der Waals surface area (Å²) in [4.78, 5) is 13.1. The molecule has 7 nitrogen and oxygen atoms in total. The second-order valence-electron chi connectivity index (χ2n) is 7.60. The summed E-state index contributed by atoms with van der Waals surface area (Å²) in [6.07, 6.45) is 1.32. The minimum absolute atomic E-state index is 0.00555. The van der Waals surface area contributed by atoms with Crippen LogP contribution in [0.3, 0.4) is 0 Å². The van der Waals surface area contributed by atoms with Crippen molar-refractivity contribution in [2.45, 2.75) is 31.7 Å². The van der Waals surface area contributed by atoms with Crippen LogP contribution in [0.2, 0.25) is 10.3 Å². The Balaban J connectivity index is 1.41. The van der Waals surface area contributed by atoms with E-state index in [2.05, 4.69) is 20.3 Å². The molecule has 2 aliphatic carbocycles. The van der Waals surface area contributed by atoms with Crippen molar-refractivity contribution in [3.8, 4) is 0 Å². The maximum atomic E-state index is 10.3. The third-order valence-electron chi connectivity index (χ3n) is 5.86. The molecule has 2 heterocycles. The van der Waals surface area contributed by atoms with Crippen molar-refractivity contribution in [1.29, 1.82) is 0 Å². The summed E-state index contributed by atoms with van der Waals surface area (Å²) in [6, 6.07) is 7.57. The Kier molecular flexibility index (Phi) is 4.43. The first-order chi connectivity index (χ1) is 13.5. The van der Waals surface area contributed by atoms with E-state index in [1.807, 2.05) is 28.8 Å². The van der Waals surface area contributed by atoms with Crippen LogP contribution in [-0.2, 0) is 13.1 Å². The van der Waals surface area contributed by atoms with Crippen LogP contribution in [0, 0.1) is 17.8 Å². The van der Waals surface area contributed by atoms with Crippen LogP contribution in [0.25, 0.3) is 11.2 Å².